The van der Waals surface area contributed by atoms with E-state index < -0.39 is 0 Å². The number of fused-ring (bicyclic) bond motifs is 1. The molecular weight excluding hydrogens is 258 g/mol. The van der Waals surface area contributed by atoms with Gasteiger partial charge in [-0.15, -0.1) is 0 Å². The lowest BCUT2D eigenvalue weighted by Crippen LogP contribution is -2.07. The van der Waals surface area contributed by atoms with Gasteiger partial charge >= 0.3 is 0 Å². The van der Waals surface area contributed by atoms with Gasteiger partial charge in [-0.25, -0.2) is 0 Å². The molecule has 3 rings (SSSR count). The molecule has 0 aliphatic carbocycles. The third-order valence-corrected chi connectivity index (χ3v) is 3.88. The quantitative estimate of drug-likeness (QED) is 0.704. The number of hydrogen-bond acceptors (Lipinski definition) is 2. The lowest BCUT2D eigenvalue weighted by Gasteiger charge is -2.18. The molecule has 2 nitrogen and oxygen atoms in total. The molecule has 0 bridgehead atoms. The summed E-state index contributed by atoms with van der Waals surface area (Å²) in [5.74, 6) is 0.324. The van der Waals surface area contributed by atoms with E-state index in [2.05, 4.69) is 54.7 Å². The number of phenolic OH excluding ortho intramolecular Hbond substituents is 1. The highest BCUT2D eigenvalue weighted by Crippen LogP contribution is 2.28. The van der Waals surface area contributed by atoms with Crippen LogP contribution in [0.25, 0.3) is 10.8 Å². The average molecular weight is 277 g/mol. The number of anilines is 1. The summed E-state index contributed by atoms with van der Waals surface area (Å²) in [6, 6.07) is 20.6. The summed E-state index contributed by atoms with van der Waals surface area (Å²) in [5.41, 5.74) is 3.07. The van der Waals surface area contributed by atoms with E-state index >= 15 is 0 Å². The van der Waals surface area contributed by atoms with Crippen molar-refractivity contribution in [1.82, 2.24) is 0 Å². The van der Waals surface area contributed by atoms with Crippen LogP contribution in [0.15, 0.2) is 60.7 Å². The first-order valence-corrected chi connectivity index (χ1v) is 7.19. The van der Waals surface area contributed by atoms with Gasteiger partial charge in [-0.05, 0) is 41.8 Å². The number of hydrogen-bond donors (Lipinski definition) is 2. The average Bonchev–Trinajstić information content (AvgIpc) is 2.50. The third kappa shape index (κ3) is 2.70. The molecule has 0 aliphatic rings. The molecule has 1 atom stereocenters. The van der Waals surface area contributed by atoms with Crippen LogP contribution in [0.1, 0.15) is 24.1 Å². The predicted octanol–water partition coefficient (Wildman–Crippen LogP) is 5.03. The molecule has 3 aromatic rings. The van der Waals surface area contributed by atoms with Gasteiger partial charge in [0.1, 0.15) is 5.75 Å². The summed E-state index contributed by atoms with van der Waals surface area (Å²) < 4.78 is 0. The molecule has 0 spiro atoms. The van der Waals surface area contributed by atoms with Crippen molar-refractivity contribution in [2.45, 2.75) is 19.9 Å². The van der Waals surface area contributed by atoms with Crippen molar-refractivity contribution in [1.29, 1.82) is 0 Å². The standard InChI is InChI=1S/C19H19NO/c1-13-10-11-16(12-19(13)21)20-14(2)17-9-5-7-15-6-3-4-8-18(15)17/h3-12,14,20-21H,1-2H3. The zero-order valence-corrected chi connectivity index (χ0v) is 12.3. The molecule has 0 heterocycles. The first-order chi connectivity index (χ1) is 10.1. The van der Waals surface area contributed by atoms with E-state index in [1.807, 2.05) is 19.1 Å². The third-order valence-electron chi connectivity index (χ3n) is 3.88. The Morgan fingerprint density at radius 2 is 1.71 bits per heavy atom. The van der Waals surface area contributed by atoms with Crippen LogP contribution >= 0.6 is 0 Å². The summed E-state index contributed by atoms with van der Waals surface area (Å²) >= 11 is 0. The van der Waals surface area contributed by atoms with Crippen LogP contribution in [-0.2, 0) is 0 Å². The maximum absolute atomic E-state index is 9.82. The van der Waals surface area contributed by atoms with Crippen molar-refractivity contribution in [3.05, 3.63) is 71.8 Å². The molecule has 0 saturated carbocycles. The fraction of sp³-hybridized carbons (Fsp3) is 0.158. The molecule has 0 aliphatic heterocycles. The Kier molecular flexibility index (Phi) is 3.53. The molecule has 106 valence electrons. The Bertz CT molecular complexity index is 774. The highest BCUT2D eigenvalue weighted by Gasteiger charge is 2.09. The van der Waals surface area contributed by atoms with Crippen molar-refractivity contribution in [3.8, 4) is 5.75 Å². The van der Waals surface area contributed by atoms with Crippen molar-refractivity contribution in [2.75, 3.05) is 5.32 Å². The number of rotatable bonds is 3. The first kappa shape index (κ1) is 13.5. The highest BCUT2D eigenvalue weighted by atomic mass is 16.3. The predicted molar refractivity (Wildman–Crippen MR) is 88.8 cm³/mol. The fourth-order valence-corrected chi connectivity index (χ4v) is 2.65. The van der Waals surface area contributed by atoms with Gasteiger partial charge in [0, 0.05) is 17.8 Å². The van der Waals surface area contributed by atoms with E-state index in [9.17, 15) is 5.11 Å². The van der Waals surface area contributed by atoms with Crippen LogP contribution in [0.5, 0.6) is 5.75 Å². The van der Waals surface area contributed by atoms with Crippen LogP contribution in [0.4, 0.5) is 5.69 Å². The Hall–Kier alpha value is -2.48. The maximum Gasteiger partial charge on any atom is 0.120 e. The Balaban J connectivity index is 1.93. The summed E-state index contributed by atoms with van der Waals surface area (Å²) in [6.07, 6.45) is 0. The van der Waals surface area contributed by atoms with Crippen LogP contribution < -0.4 is 5.32 Å². The normalized spacial score (nSPS) is 12.3. The van der Waals surface area contributed by atoms with Gasteiger partial charge in [0.2, 0.25) is 0 Å². The molecule has 3 aromatic carbocycles. The maximum atomic E-state index is 9.82. The Morgan fingerprint density at radius 3 is 2.52 bits per heavy atom. The smallest absolute Gasteiger partial charge is 0.120 e. The van der Waals surface area contributed by atoms with Crippen LogP contribution in [-0.4, -0.2) is 5.11 Å². The number of aryl methyl sites for hydroxylation is 1. The van der Waals surface area contributed by atoms with Gasteiger partial charge in [0.05, 0.1) is 0 Å². The van der Waals surface area contributed by atoms with Crippen molar-refractivity contribution in [2.24, 2.45) is 0 Å². The zero-order valence-electron chi connectivity index (χ0n) is 12.3. The molecule has 0 saturated heterocycles. The molecule has 0 aromatic heterocycles. The number of nitrogens with one attached hydrogen (secondary N) is 1. The van der Waals surface area contributed by atoms with Gasteiger partial charge in [-0.1, -0.05) is 48.5 Å². The van der Waals surface area contributed by atoms with E-state index in [1.54, 1.807) is 6.07 Å². The van der Waals surface area contributed by atoms with Crippen molar-refractivity contribution in [3.63, 3.8) is 0 Å². The minimum absolute atomic E-state index is 0.165. The van der Waals surface area contributed by atoms with E-state index in [4.69, 9.17) is 0 Å². The van der Waals surface area contributed by atoms with Crippen molar-refractivity contribution < 1.29 is 5.11 Å². The van der Waals surface area contributed by atoms with E-state index in [0.29, 0.717) is 5.75 Å². The second-order valence-corrected chi connectivity index (χ2v) is 5.44. The van der Waals surface area contributed by atoms with E-state index in [1.165, 1.54) is 16.3 Å². The monoisotopic (exact) mass is 277 g/mol. The molecular formula is C19H19NO. The molecule has 0 radical (unpaired) electrons. The molecule has 2 heteroatoms. The van der Waals surface area contributed by atoms with E-state index in [0.717, 1.165) is 11.3 Å². The molecule has 1 unspecified atom stereocenters. The Labute approximate surface area is 125 Å². The second kappa shape index (κ2) is 5.49. The van der Waals surface area contributed by atoms with Gasteiger partial charge in [0.25, 0.3) is 0 Å². The molecule has 0 fully saturated rings. The van der Waals surface area contributed by atoms with Gasteiger partial charge in [-0.3, -0.25) is 0 Å². The lowest BCUT2D eigenvalue weighted by molar-refractivity contribution is 0.471. The number of aromatic hydroxyl groups is 1. The second-order valence-electron chi connectivity index (χ2n) is 5.44. The highest BCUT2D eigenvalue weighted by molar-refractivity contribution is 5.86. The van der Waals surface area contributed by atoms with Gasteiger partial charge in [-0.2, -0.15) is 0 Å². The fourth-order valence-electron chi connectivity index (χ4n) is 2.65. The van der Waals surface area contributed by atoms with Crippen LogP contribution in [0, 0.1) is 6.92 Å². The summed E-state index contributed by atoms with van der Waals surface area (Å²) in [5, 5.41) is 15.8. The molecule has 21 heavy (non-hydrogen) atoms. The first-order valence-electron chi connectivity index (χ1n) is 7.19. The van der Waals surface area contributed by atoms with Crippen LogP contribution in [0.3, 0.4) is 0 Å². The zero-order chi connectivity index (χ0) is 14.8. The van der Waals surface area contributed by atoms with Gasteiger partial charge in [0.15, 0.2) is 0 Å². The number of phenols is 1. The largest absolute Gasteiger partial charge is 0.508 e. The summed E-state index contributed by atoms with van der Waals surface area (Å²) in [6.45, 7) is 4.03. The summed E-state index contributed by atoms with van der Waals surface area (Å²) in [4.78, 5) is 0. The lowest BCUT2D eigenvalue weighted by atomic mass is 9.99. The van der Waals surface area contributed by atoms with Crippen molar-refractivity contribution >= 4 is 16.5 Å². The van der Waals surface area contributed by atoms with Gasteiger partial charge < -0.3 is 10.4 Å². The minimum atomic E-state index is 0.165. The van der Waals surface area contributed by atoms with E-state index in [-0.39, 0.29) is 6.04 Å². The number of benzene rings is 3. The molecule has 2 N–H and O–H groups in total. The van der Waals surface area contributed by atoms with Crippen LogP contribution in [0.2, 0.25) is 0 Å². The molecule has 0 amide bonds. The summed E-state index contributed by atoms with van der Waals surface area (Å²) in [7, 11) is 0. The Morgan fingerprint density at radius 1 is 0.952 bits per heavy atom. The SMILES string of the molecule is Cc1ccc(NC(C)c2cccc3ccccc23)cc1O. The minimum Gasteiger partial charge on any atom is -0.508 e. The topological polar surface area (TPSA) is 32.3 Å².